The molecule has 6 heteroatoms. The molecule has 0 saturated heterocycles. The number of hydrogen-bond donors (Lipinski definition) is 1. The molecule has 28 heavy (non-hydrogen) atoms. The Balaban J connectivity index is 1.64. The standard InChI is InChI=1S/C22H31NO5/c1-4-22(2,3)17-7-9-18(10-8-17)23-20(25)14-28-21(26)15-27-19-11-5-16(13-24)6-12-19/h5-6,11-13,17-18H,4,7-10,14-15H2,1-3H3,(H,23,25). The smallest absolute Gasteiger partial charge is 0.344 e. The Morgan fingerprint density at radius 2 is 1.75 bits per heavy atom. The average molecular weight is 389 g/mol. The fourth-order valence-electron chi connectivity index (χ4n) is 3.55. The molecule has 0 heterocycles. The highest BCUT2D eigenvalue weighted by Gasteiger charge is 2.32. The number of benzene rings is 1. The van der Waals surface area contributed by atoms with Crippen molar-refractivity contribution in [1.29, 1.82) is 0 Å². The summed E-state index contributed by atoms with van der Waals surface area (Å²) in [6.07, 6.45) is 6.05. The zero-order valence-corrected chi connectivity index (χ0v) is 17.0. The molecule has 1 aliphatic carbocycles. The number of carbonyl (C=O) groups excluding carboxylic acids is 3. The lowest BCUT2D eigenvalue weighted by molar-refractivity contribution is -0.150. The number of amides is 1. The van der Waals surface area contributed by atoms with E-state index in [4.69, 9.17) is 9.47 Å². The molecule has 154 valence electrons. The number of carbonyl (C=O) groups is 3. The van der Waals surface area contributed by atoms with Gasteiger partial charge in [0.25, 0.3) is 5.91 Å². The van der Waals surface area contributed by atoms with Crippen LogP contribution in [0.3, 0.4) is 0 Å². The van der Waals surface area contributed by atoms with Crippen LogP contribution in [-0.2, 0) is 14.3 Å². The molecule has 0 atom stereocenters. The minimum absolute atomic E-state index is 0.155. The van der Waals surface area contributed by atoms with Crippen molar-refractivity contribution in [2.45, 2.75) is 58.9 Å². The number of rotatable bonds is 9. The van der Waals surface area contributed by atoms with Crippen molar-refractivity contribution in [2.24, 2.45) is 11.3 Å². The van der Waals surface area contributed by atoms with Gasteiger partial charge in [0.15, 0.2) is 13.2 Å². The Bertz CT molecular complexity index is 660. The summed E-state index contributed by atoms with van der Waals surface area (Å²) >= 11 is 0. The quantitative estimate of drug-likeness (QED) is 0.516. The van der Waals surface area contributed by atoms with Crippen molar-refractivity contribution in [1.82, 2.24) is 5.32 Å². The Labute approximate surface area is 167 Å². The van der Waals surface area contributed by atoms with Gasteiger partial charge in [0.1, 0.15) is 12.0 Å². The van der Waals surface area contributed by atoms with Gasteiger partial charge in [-0.3, -0.25) is 9.59 Å². The summed E-state index contributed by atoms with van der Waals surface area (Å²) in [6, 6.07) is 6.54. The van der Waals surface area contributed by atoms with Crippen LogP contribution in [0.25, 0.3) is 0 Å². The Hall–Kier alpha value is -2.37. The SMILES string of the molecule is CCC(C)(C)C1CCC(NC(=O)COC(=O)COc2ccc(C=O)cc2)CC1. The van der Waals surface area contributed by atoms with E-state index < -0.39 is 5.97 Å². The lowest BCUT2D eigenvalue weighted by atomic mass is 9.69. The summed E-state index contributed by atoms with van der Waals surface area (Å²) in [4.78, 5) is 34.4. The van der Waals surface area contributed by atoms with Gasteiger partial charge >= 0.3 is 5.97 Å². The van der Waals surface area contributed by atoms with Crippen molar-refractivity contribution in [3.63, 3.8) is 0 Å². The molecule has 0 spiro atoms. The summed E-state index contributed by atoms with van der Waals surface area (Å²) < 4.78 is 10.3. The average Bonchev–Trinajstić information content (AvgIpc) is 2.71. The van der Waals surface area contributed by atoms with Crippen LogP contribution in [0.5, 0.6) is 5.75 Å². The van der Waals surface area contributed by atoms with E-state index in [9.17, 15) is 14.4 Å². The van der Waals surface area contributed by atoms with Crippen LogP contribution in [0, 0.1) is 11.3 Å². The van der Waals surface area contributed by atoms with E-state index in [-0.39, 0.29) is 25.2 Å². The molecule has 1 N–H and O–H groups in total. The second-order valence-corrected chi connectivity index (χ2v) is 8.09. The maximum absolute atomic E-state index is 12.0. The molecule has 1 aromatic carbocycles. The van der Waals surface area contributed by atoms with Crippen LogP contribution in [0.15, 0.2) is 24.3 Å². The molecular formula is C22H31NO5. The molecule has 0 aliphatic heterocycles. The molecule has 1 fully saturated rings. The van der Waals surface area contributed by atoms with E-state index in [1.54, 1.807) is 24.3 Å². The third kappa shape index (κ3) is 6.66. The predicted molar refractivity (Wildman–Crippen MR) is 106 cm³/mol. The molecular weight excluding hydrogens is 358 g/mol. The van der Waals surface area contributed by atoms with Gasteiger partial charge in [-0.05, 0) is 61.3 Å². The highest BCUT2D eigenvalue weighted by atomic mass is 16.6. The monoisotopic (exact) mass is 389 g/mol. The summed E-state index contributed by atoms with van der Waals surface area (Å²) in [5, 5.41) is 2.96. The Morgan fingerprint density at radius 3 is 2.32 bits per heavy atom. The van der Waals surface area contributed by atoms with Crippen LogP contribution < -0.4 is 10.1 Å². The second kappa shape index (κ2) is 10.2. The molecule has 6 nitrogen and oxygen atoms in total. The van der Waals surface area contributed by atoms with Crippen LogP contribution in [0.4, 0.5) is 0 Å². The van der Waals surface area contributed by atoms with E-state index in [0.717, 1.165) is 38.4 Å². The lowest BCUT2D eigenvalue weighted by Gasteiger charge is -2.39. The molecule has 0 bridgehead atoms. The minimum atomic E-state index is -0.608. The fraction of sp³-hybridized carbons (Fsp3) is 0.591. The number of hydrogen-bond acceptors (Lipinski definition) is 5. The van der Waals surface area contributed by atoms with Gasteiger partial charge in [0, 0.05) is 11.6 Å². The minimum Gasteiger partial charge on any atom is -0.482 e. The van der Waals surface area contributed by atoms with Gasteiger partial charge in [-0.25, -0.2) is 4.79 Å². The van der Waals surface area contributed by atoms with Crippen LogP contribution >= 0.6 is 0 Å². The van der Waals surface area contributed by atoms with E-state index in [1.165, 1.54) is 0 Å². The maximum atomic E-state index is 12.0. The molecule has 0 unspecified atom stereocenters. The third-order valence-corrected chi connectivity index (χ3v) is 5.85. The number of esters is 1. The van der Waals surface area contributed by atoms with Crippen molar-refractivity contribution in [2.75, 3.05) is 13.2 Å². The van der Waals surface area contributed by atoms with E-state index >= 15 is 0 Å². The normalized spacial score (nSPS) is 19.5. The van der Waals surface area contributed by atoms with E-state index in [2.05, 4.69) is 26.1 Å². The molecule has 1 aromatic rings. The molecule has 2 rings (SSSR count). The number of nitrogens with one attached hydrogen (secondary N) is 1. The van der Waals surface area contributed by atoms with Gasteiger partial charge in [0.05, 0.1) is 0 Å². The van der Waals surface area contributed by atoms with Crippen LogP contribution in [0.2, 0.25) is 0 Å². The number of ether oxygens (including phenoxy) is 2. The van der Waals surface area contributed by atoms with Crippen LogP contribution in [-0.4, -0.2) is 37.4 Å². The highest BCUT2D eigenvalue weighted by molar-refractivity contribution is 5.81. The van der Waals surface area contributed by atoms with Gasteiger partial charge < -0.3 is 14.8 Å². The first kappa shape index (κ1) is 21.9. The predicted octanol–water partition coefficient (Wildman–Crippen LogP) is 3.53. The van der Waals surface area contributed by atoms with E-state index in [0.29, 0.717) is 22.6 Å². The molecule has 1 saturated carbocycles. The van der Waals surface area contributed by atoms with Crippen molar-refractivity contribution >= 4 is 18.2 Å². The van der Waals surface area contributed by atoms with Gasteiger partial charge in [0.2, 0.25) is 0 Å². The first-order chi connectivity index (χ1) is 13.3. The largest absolute Gasteiger partial charge is 0.482 e. The lowest BCUT2D eigenvalue weighted by Crippen LogP contribution is -2.41. The summed E-state index contributed by atoms with van der Waals surface area (Å²) in [7, 11) is 0. The fourth-order valence-corrected chi connectivity index (χ4v) is 3.55. The topological polar surface area (TPSA) is 81.7 Å². The molecule has 0 aromatic heterocycles. The Kier molecular flexibility index (Phi) is 8.03. The van der Waals surface area contributed by atoms with Gasteiger partial charge in [-0.1, -0.05) is 27.2 Å². The van der Waals surface area contributed by atoms with Crippen molar-refractivity contribution in [3.8, 4) is 5.75 Å². The zero-order valence-electron chi connectivity index (χ0n) is 17.0. The molecule has 1 aliphatic rings. The maximum Gasteiger partial charge on any atom is 0.344 e. The summed E-state index contributed by atoms with van der Waals surface area (Å²) in [5.74, 6) is 0.268. The molecule has 0 radical (unpaired) electrons. The first-order valence-corrected chi connectivity index (χ1v) is 9.97. The third-order valence-electron chi connectivity index (χ3n) is 5.85. The van der Waals surface area contributed by atoms with Gasteiger partial charge in [-0.15, -0.1) is 0 Å². The van der Waals surface area contributed by atoms with Crippen molar-refractivity contribution < 1.29 is 23.9 Å². The van der Waals surface area contributed by atoms with Crippen molar-refractivity contribution in [3.05, 3.63) is 29.8 Å². The summed E-state index contributed by atoms with van der Waals surface area (Å²) in [5.41, 5.74) is 0.872. The van der Waals surface area contributed by atoms with Crippen LogP contribution in [0.1, 0.15) is 63.2 Å². The second-order valence-electron chi connectivity index (χ2n) is 8.09. The highest BCUT2D eigenvalue weighted by Crippen LogP contribution is 2.40. The number of aldehydes is 1. The molecule has 1 amide bonds. The Morgan fingerprint density at radius 1 is 1.11 bits per heavy atom. The van der Waals surface area contributed by atoms with Gasteiger partial charge in [-0.2, -0.15) is 0 Å². The van der Waals surface area contributed by atoms with E-state index in [1.807, 2.05) is 0 Å². The first-order valence-electron chi connectivity index (χ1n) is 9.97. The summed E-state index contributed by atoms with van der Waals surface area (Å²) in [6.45, 7) is 6.27. The zero-order chi connectivity index (χ0) is 20.6.